The number of anilines is 1. The van der Waals surface area contributed by atoms with Crippen molar-refractivity contribution in [2.45, 2.75) is 0 Å². The average Bonchev–Trinajstić information content (AvgIpc) is 2.77. The first-order chi connectivity index (χ1) is 10.0. The van der Waals surface area contributed by atoms with Gasteiger partial charge < -0.3 is 5.73 Å². The number of halogens is 3. The van der Waals surface area contributed by atoms with Crippen molar-refractivity contribution in [2.75, 3.05) is 5.73 Å². The van der Waals surface area contributed by atoms with E-state index in [1.165, 1.54) is 18.2 Å². The van der Waals surface area contributed by atoms with E-state index < -0.39 is 23.1 Å². The van der Waals surface area contributed by atoms with Crippen LogP contribution in [0, 0.1) is 28.8 Å². The summed E-state index contributed by atoms with van der Waals surface area (Å²) < 4.78 is 41.7. The van der Waals surface area contributed by atoms with Crippen molar-refractivity contribution in [3.63, 3.8) is 0 Å². The SMILES string of the molecule is N#Cc1ccc2nc(N)n(-c3cc(F)cc(F)c3F)c2c1. The molecule has 0 aliphatic heterocycles. The molecule has 0 amide bonds. The molecule has 0 unspecified atom stereocenters. The monoisotopic (exact) mass is 288 g/mol. The summed E-state index contributed by atoms with van der Waals surface area (Å²) in [4.78, 5) is 3.99. The maximum Gasteiger partial charge on any atom is 0.206 e. The lowest BCUT2D eigenvalue weighted by molar-refractivity contribution is 0.491. The van der Waals surface area contributed by atoms with Crippen LogP contribution in [0.5, 0.6) is 0 Å². The minimum Gasteiger partial charge on any atom is -0.369 e. The first-order valence-electron chi connectivity index (χ1n) is 5.84. The Labute approximate surface area is 116 Å². The molecule has 2 N–H and O–H groups in total. The van der Waals surface area contributed by atoms with Crippen LogP contribution in [-0.4, -0.2) is 9.55 Å². The van der Waals surface area contributed by atoms with Crippen molar-refractivity contribution in [2.24, 2.45) is 0 Å². The maximum atomic E-state index is 13.9. The predicted octanol–water partition coefficient (Wildman–Crippen LogP) is 2.90. The molecule has 1 aromatic heterocycles. The maximum absolute atomic E-state index is 13.9. The van der Waals surface area contributed by atoms with Crippen LogP contribution in [0.3, 0.4) is 0 Å². The number of benzene rings is 2. The summed E-state index contributed by atoms with van der Waals surface area (Å²) in [5.74, 6) is -3.65. The van der Waals surface area contributed by atoms with Gasteiger partial charge in [-0.25, -0.2) is 18.2 Å². The van der Waals surface area contributed by atoms with Gasteiger partial charge in [-0.05, 0) is 18.2 Å². The summed E-state index contributed by atoms with van der Waals surface area (Å²) >= 11 is 0. The van der Waals surface area contributed by atoms with Crippen LogP contribution in [0.25, 0.3) is 16.7 Å². The Hall–Kier alpha value is -3.01. The Morgan fingerprint density at radius 3 is 2.62 bits per heavy atom. The number of nitrogens with two attached hydrogens (primary N) is 1. The molecule has 0 saturated carbocycles. The van der Waals surface area contributed by atoms with Gasteiger partial charge in [0.05, 0.1) is 28.4 Å². The fourth-order valence-electron chi connectivity index (χ4n) is 2.12. The number of nitrogens with zero attached hydrogens (tertiary/aromatic N) is 3. The van der Waals surface area contributed by atoms with E-state index in [9.17, 15) is 13.2 Å². The molecule has 0 bridgehead atoms. The summed E-state index contributed by atoms with van der Waals surface area (Å²) in [6, 6.07) is 7.63. The van der Waals surface area contributed by atoms with Gasteiger partial charge in [0.2, 0.25) is 5.95 Å². The van der Waals surface area contributed by atoms with Crippen LogP contribution in [0.1, 0.15) is 5.56 Å². The molecule has 7 heteroatoms. The van der Waals surface area contributed by atoms with E-state index in [2.05, 4.69) is 4.98 Å². The minimum atomic E-state index is -1.33. The van der Waals surface area contributed by atoms with Gasteiger partial charge in [0.25, 0.3) is 0 Å². The number of aromatic nitrogens is 2. The van der Waals surface area contributed by atoms with E-state index in [-0.39, 0.29) is 11.5 Å². The van der Waals surface area contributed by atoms with Gasteiger partial charge in [-0.2, -0.15) is 5.26 Å². The second-order valence-electron chi connectivity index (χ2n) is 4.34. The van der Waals surface area contributed by atoms with Crippen LogP contribution >= 0.6 is 0 Å². The second kappa shape index (κ2) is 4.52. The van der Waals surface area contributed by atoms with Crippen molar-refractivity contribution in [3.8, 4) is 11.8 Å². The third kappa shape index (κ3) is 1.97. The molecule has 3 rings (SSSR count). The molecule has 0 radical (unpaired) electrons. The number of hydrogen-bond acceptors (Lipinski definition) is 3. The van der Waals surface area contributed by atoms with Crippen LogP contribution in [0.2, 0.25) is 0 Å². The number of imidazole rings is 1. The van der Waals surface area contributed by atoms with Crippen molar-refractivity contribution in [1.82, 2.24) is 9.55 Å². The number of fused-ring (bicyclic) bond motifs is 1. The molecule has 0 aliphatic rings. The Balaban J connectivity index is 2.40. The molecule has 21 heavy (non-hydrogen) atoms. The van der Waals surface area contributed by atoms with Crippen LogP contribution in [0.4, 0.5) is 19.1 Å². The molecule has 104 valence electrons. The number of nitrogen functional groups attached to an aromatic ring is 1. The third-order valence-electron chi connectivity index (χ3n) is 3.02. The van der Waals surface area contributed by atoms with Crippen molar-refractivity contribution < 1.29 is 13.2 Å². The van der Waals surface area contributed by atoms with Crippen molar-refractivity contribution in [3.05, 3.63) is 53.3 Å². The Morgan fingerprint density at radius 2 is 1.90 bits per heavy atom. The molecular weight excluding hydrogens is 281 g/mol. The van der Waals surface area contributed by atoms with Gasteiger partial charge in [-0.1, -0.05) is 0 Å². The predicted molar refractivity (Wildman–Crippen MR) is 70.1 cm³/mol. The highest BCUT2D eigenvalue weighted by molar-refractivity contribution is 5.82. The van der Waals surface area contributed by atoms with E-state index in [1.807, 2.05) is 6.07 Å². The fourth-order valence-corrected chi connectivity index (χ4v) is 2.12. The largest absolute Gasteiger partial charge is 0.369 e. The quantitative estimate of drug-likeness (QED) is 0.700. The van der Waals surface area contributed by atoms with E-state index in [1.54, 1.807) is 0 Å². The van der Waals surface area contributed by atoms with Crippen molar-refractivity contribution >= 4 is 17.0 Å². The fraction of sp³-hybridized carbons (Fsp3) is 0. The third-order valence-corrected chi connectivity index (χ3v) is 3.02. The van der Waals surface area contributed by atoms with Crippen LogP contribution in [0.15, 0.2) is 30.3 Å². The van der Waals surface area contributed by atoms with E-state index >= 15 is 0 Å². The lowest BCUT2D eigenvalue weighted by Crippen LogP contribution is -2.05. The molecule has 0 spiro atoms. The zero-order valence-electron chi connectivity index (χ0n) is 10.4. The standard InChI is InChI=1S/C14H7F3N4/c15-8-4-9(16)13(17)12(5-8)21-11-3-7(6-18)1-2-10(11)20-14(21)19/h1-5H,(H2,19,20). The highest BCUT2D eigenvalue weighted by atomic mass is 19.2. The molecule has 0 aliphatic carbocycles. The van der Waals surface area contributed by atoms with Gasteiger partial charge in [0.1, 0.15) is 5.82 Å². The van der Waals surface area contributed by atoms with Crippen LogP contribution in [-0.2, 0) is 0 Å². The molecule has 0 saturated heterocycles. The van der Waals surface area contributed by atoms with Gasteiger partial charge in [0.15, 0.2) is 11.6 Å². The van der Waals surface area contributed by atoms with E-state index in [0.717, 1.165) is 10.6 Å². The lowest BCUT2D eigenvalue weighted by atomic mass is 10.2. The summed E-state index contributed by atoms with van der Waals surface area (Å²) in [5.41, 5.74) is 6.27. The highest BCUT2D eigenvalue weighted by Crippen LogP contribution is 2.27. The second-order valence-corrected chi connectivity index (χ2v) is 4.34. The number of rotatable bonds is 1. The zero-order valence-corrected chi connectivity index (χ0v) is 10.4. The number of hydrogen-bond donors (Lipinski definition) is 1. The zero-order chi connectivity index (χ0) is 15.1. The summed E-state index contributed by atoms with van der Waals surface area (Å²) in [6.45, 7) is 0. The van der Waals surface area contributed by atoms with Crippen LogP contribution < -0.4 is 5.73 Å². The lowest BCUT2D eigenvalue weighted by Gasteiger charge is -2.08. The number of nitriles is 1. The first kappa shape index (κ1) is 13.0. The topological polar surface area (TPSA) is 67.6 Å². The van der Waals surface area contributed by atoms with Gasteiger partial charge in [-0.3, -0.25) is 4.57 Å². The van der Waals surface area contributed by atoms with Gasteiger partial charge in [0, 0.05) is 12.1 Å². The molecule has 4 nitrogen and oxygen atoms in total. The molecule has 1 heterocycles. The summed E-state index contributed by atoms with van der Waals surface area (Å²) in [6.07, 6.45) is 0. The smallest absolute Gasteiger partial charge is 0.206 e. The van der Waals surface area contributed by atoms with E-state index in [4.69, 9.17) is 11.0 Å². The normalized spacial score (nSPS) is 10.8. The first-order valence-corrected chi connectivity index (χ1v) is 5.84. The Kier molecular flexibility index (Phi) is 2.80. The van der Waals surface area contributed by atoms with Crippen molar-refractivity contribution in [1.29, 1.82) is 5.26 Å². The summed E-state index contributed by atoms with van der Waals surface area (Å²) in [7, 11) is 0. The molecular formula is C14H7F3N4. The molecule has 0 fully saturated rings. The van der Waals surface area contributed by atoms with Gasteiger partial charge >= 0.3 is 0 Å². The Morgan fingerprint density at radius 1 is 1.14 bits per heavy atom. The average molecular weight is 288 g/mol. The molecule has 3 aromatic rings. The van der Waals surface area contributed by atoms with E-state index in [0.29, 0.717) is 17.1 Å². The molecule has 2 aromatic carbocycles. The van der Waals surface area contributed by atoms with Gasteiger partial charge in [-0.15, -0.1) is 0 Å². The molecule has 0 atom stereocenters. The summed E-state index contributed by atoms with van der Waals surface area (Å²) in [5, 5.41) is 8.90. The Bertz CT molecular complexity index is 909. The highest BCUT2D eigenvalue weighted by Gasteiger charge is 2.18. The minimum absolute atomic E-state index is 0.135.